The average Bonchev–Trinajstić information content (AvgIpc) is 3.15. The maximum Gasteiger partial charge on any atom is 0.174 e. The molecule has 0 unspecified atom stereocenters. The molecule has 4 aromatic rings. The van der Waals surface area contributed by atoms with E-state index in [4.69, 9.17) is 0 Å². The molecular formula is C22H16N6. The van der Waals surface area contributed by atoms with E-state index in [1.807, 2.05) is 72.3 Å². The van der Waals surface area contributed by atoms with Gasteiger partial charge >= 0.3 is 0 Å². The van der Waals surface area contributed by atoms with Gasteiger partial charge in [-0.3, -0.25) is 0 Å². The third kappa shape index (κ3) is 3.41. The summed E-state index contributed by atoms with van der Waals surface area (Å²) in [4.78, 5) is 8.79. The lowest BCUT2D eigenvalue weighted by Crippen LogP contribution is -1.98. The van der Waals surface area contributed by atoms with E-state index in [0.717, 1.165) is 16.7 Å². The minimum atomic E-state index is 0.397. The third-order valence-corrected chi connectivity index (χ3v) is 4.28. The van der Waals surface area contributed by atoms with Crippen molar-refractivity contribution in [2.75, 3.05) is 0 Å². The molecule has 0 saturated heterocycles. The van der Waals surface area contributed by atoms with Crippen LogP contribution in [0.3, 0.4) is 0 Å². The van der Waals surface area contributed by atoms with Gasteiger partial charge in [0.2, 0.25) is 0 Å². The smallest absolute Gasteiger partial charge is 0.174 e. The molecule has 2 heterocycles. The largest absolute Gasteiger partial charge is 0.310 e. The van der Waals surface area contributed by atoms with Gasteiger partial charge in [-0.15, -0.1) is 10.2 Å². The maximum atomic E-state index is 9.64. The minimum Gasteiger partial charge on any atom is -0.310 e. The zero-order valence-electron chi connectivity index (χ0n) is 15.2. The van der Waals surface area contributed by atoms with E-state index >= 15 is 0 Å². The van der Waals surface area contributed by atoms with Crippen LogP contribution in [0.5, 0.6) is 0 Å². The Balaban J connectivity index is 1.66. The van der Waals surface area contributed by atoms with Gasteiger partial charge in [0.1, 0.15) is 6.07 Å². The summed E-state index contributed by atoms with van der Waals surface area (Å²) in [6.07, 6.45) is 5.11. The molecule has 0 radical (unpaired) electrons. The Morgan fingerprint density at radius 1 is 0.893 bits per heavy atom. The van der Waals surface area contributed by atoms with E-state index in [1.54, 1.807) is 18.5 Å². The first kappa shape index (κ1) is 17.3. The molecule has 0 amide bonds. The quantitative estimate of drug-likeness (QED) is 0.511. The molecule has 0 aliphatic carbocycles. The van der Waals surface area contributed by atoms with Gasteiger partial charge in [0.05, 0.1) is 5.57 Å². The van der Waals surface area contributed by atoms with Crippen LogP contribution < -0.4 is 0 Å². The Hall–Kier alpha value is -4.11. The molecular weight excluding hydrogens is 348 g/mol. The molecule has 4 rings (SSSR count). The van der Waals surface area contributed by atoms with Gasteiger partial charge in [-0.25, -0.2) is 9.97 Å². The zero-order valence-corrected chi connectivity index (χ0v) is 15.2. The highest BCUT2D eigenvalue weighted by atomic mass is 15.3. The second-order valence-corrected chi connectivity index (χ2v) is 6.15. The van der Waals surface area contributed by atoms with Crippen molar-refractivity contribution >= 4 is 11.6 Å². The summed E-state index contributed by atoms with van der Waals surface area (Å²) in [7, 11) is 1.85. The van der Waals surface area contributed by atoms with E-state index in [2.05, 4.69) is 26.2 Å². The van der Waals surface area contributed by atoms with Crippen LogP contribution in [0.2, 0.25) is 0 Å². The summed E-state index contributed by atoms with van der Waals surface area (Å²) in [6, 6.07) is 21.7. The van der Waals surface area contributed by atoms with Crippen molar-refractivity contribution in [1.29, 1.82) is 5.26 Å². The van der Waals surface area contributed by atoms with Gasteiger partial charge < -0.3 is 4.57 Å². The van der Waals surface area contributed by atoms with Crippen LogP contribution in [0.4, 0.5) is 0 Å². The number of rotatable bonds is 4. The first-order valence-electron chi connectivity index (χ1n) is 8.70. The topological polar surface area (TPSA) is 80.3 Å². The van der Waals surface area contributed by atoms with Crippen LogP contribution in [0.1, 0.15) is 11.4 Å². The fraction of sp³-hybridized carbons (Fsp3) is 0.0455. The molecule has 0 bridgehead atoms. The highest BCUT2D eigenvalue weighted by Crippen LogP contribution is 2.22. The number of hydrogen-bond acceptors (Lipinski definition) is 5. The predicted molar refractivity (Wildman–Crippen MR) is 107 cm³/mol. The Labute approximate surface area is 162 Å². The van der Waals surface area contributed by atoms with Crippen molar-refractivity contribution in [2.24, 2.45) is 7.05 Å². The molecule has 0 N–H and O–H groups in total. The van der Waals surface area contributed by atoms with E-state index < -0.39 is 0 Å². The Morgan fingerprint density at radius 2 is 1.50 bits per heavy atom. The molecule has 134 valence electrons. The summed E-state index contributed by atoms with van der Waals surface area (Å²) < 4.78 is 1.81. The second kappa shape index (κ2) is 7.64. The number of hydrogen-bond donors (Lipinski definition) is 0. The van der Waals surface area contributed by atoms with Crippen LogP contribution in [-0.4, -0.2) is 24.7 Å². The van der Waals surface area contributed by atoms with E-state index in [-0.39, 0.29) is 0 Å². The summed E-state index contributed by atoms with van der Waals surface area (Å²) >= 11 is 0. The van der Waals surface area contributed by atoms with Crippen molar-refractivity contribution in [1.82, 2.24) is 24.7 Å². The van der Waals surface area contributed by atoms with Crippen LogP contribution in [0.25, 0.3) is 34.4 Å². The lowest BCUT2D eigenvalue weighted by Gasteiger charge is -2.04. The van der Waals surface area contributed by atoms with Crippen molar-refractivity contribution < 1.29 is 0 Å². The number of benzene rings is 2. The molecule has 6 heteroatoms. The molecule has 28 heavy (non-hydrogen) atoms. The maximum absolute atomic E-state index is 9.64. The molecule has 2 aromatic carbocycles. The number of aromatic nitrogens is 5. The SMILES string of the molecule is Cn1c(C(C#N)=Cc2cnc(-c3ccccc3)nc2)nnc1-c1ccccc1. The number of nitriles is 1. The van der Waals surface area contributed by atoms with Crippen molar-refractivity contribution in [3.8, 4) is 28.8 Å². The highest BCUT2D eigenvalue weighted by molar-refractivity contribution is 5.87. The predicted octanol–water partition coefficient (Wildman–Crippen LogP) is 4.00. The highest BCUT2D eigenvalue weighted by Gasteiger charge is 2.14. The molecule has 0 fully saturated rings. The van der Waals surface area contributed by atoms with Crippen molar-refractivity contribution in [2.45, 2.75) is 0 Å². The van der Waals surface area contributed by atoms with E-state index in [0.29, 0.717) is 23.0 Å². The minimum absolute atomic E-state index is 0.397. The summed E-state index contributed by atoms with van der Waals surface area (Å²) in [5, 5.41) is 18.1. The molecule has 0 spiro atoms. The van der Waals surface area contributed by atoms with Crippen LogP contribution >= 0.6 is 0 Å². The van der Waals surface area contributed by atoms with Gasteiger partial charge in [-0.2, -0.15) is 5.26 Å². The van der Waals surface area contributed by atoms with E-state index in [1.165, 1.54) is 0 Å². The molecule has 0 saturated carbocycles. The van der Waals surface area contributed by atoms with Crippen LogP contribution in [0, 0.1) is 11.3 Å². The molecule has 6 nitrogen and oxygen atoms in total. The lowest BCUT2D eigenvalue weighted by molar-refractivity contribution is 0.901. The fourth-order valence-corrected chi connectivity index (χ4v) is 2.86. The summed E-state index contributed by atoms with van der Waals surface area (Å²) in [6.45, 7) is 0. The lowest BCUT2D eigenvalue weighted by atomic mass is 10.1. The third-order valence-electron chi connectivity index (χ3n) is 4.28. The normalized spacial score (nSPS) is 11.2. The van der Waals surface area contributed by atoms with Gasteiger partial charge in [0.15, 0.2) is 17.5 Å². The summed E-state index contributed by atoms with van der Waals surface area (Å²) in [5.74, 6) is 1.84. The first-order chi connectivity index (χ1) is 13.8. The van der Waals surface area contributed by atoms with Gasteiger partial charge in [0, 0.05) is 36.1 Å². The number of allylic oxidation sites excluding steroid dienone is 1. The van der Waals surface area contributed by atoms with E-state index in [9.17, 15) is 5.26 Å². The zero-order chi connectivity index (χ0) is 19.3. The Bertz CT molecular complexity index is 1150. The molecule has 0 aliphatic heterocycles. The Kier molecular flexibility index (Phi) is 4.72. The van der Waals surface area contributed by atoms with Gasteiger partial charge in [-0.1, -0.05) is 60.7 Å². The van der Waals surface area contributed by atoms with Crippen LogP contribution in [0.15, 0.2) is 73.1 Å². The summed E-state index contributed by atoms with van der Waals surface area (Å²) in [5.41, 5.74) is 3.00. The first-order valence-corrected chi connectivity index (χ1v) is 8.70. The fourth-order valence-electron chi connectivity index (χ4n) is 2.86. The monoisotopic (exact) mass is 364 g/mol. The Morgan fingerprint density at radius 3 is 2.11 bits per heavy atom. The van der Waals surface area contributed by atoms with Gasteiger partial charge in [0.25, 0.3) is 0 Å². The standard InChI is InChI=1S/C22H16N6/c1-28-21(18-10-6-3-7-11-18)26-27-22(28)19(13-23)12-16-14-24-20(25-15-16)17-8-4-2-5-9-17/h2-12,14-15H,1H3. The second-order valence-electron chi connectivity index (χ2n) is 6.15. The average molecular weight is 364 g/mol. The molecule has 0 atom stereocenters. The van der Waals surface area contributed by atoms with Gasteiger partial charge in [-0.05, 0) is 6.08 Å². The van der Waals surface area contributed by atoms with Crippen LogP contribution in [-0.2, 0) is 7.05 Å². The molecule has 0 aliphatic rings. The van der Waals surface area contributed by atoms with Crippen molar-refractivity contribution in [3.05, 3.63) is 84.4 Å². The number of nitrogens with zero attached hydrogens (tertiary/aromatic N) is 6. The van der Waals surface area contributed by atoms with Crippen molar-refractivity contribution in [3.63, 3.8) is 0 Å². The molecule has 2 aromatic heterocycles.